The molecule has 0 bridgehead atoms. The molecular weight excluding hydrogens is 206 g/mol. The lowest BCUT2D eigenvalue weighted by Gasteiger charge is -2.28. The van der Waals surface area contributed by atoms with Gasteiger partial charge in [-0.1, -0.05) is 20.8 Å². The molecule has 16 heavy (non-hydrogen) atoms. The average Bonchev–Trinajstić information content (AvgIpc) is 2.80. The highest BCUT2D eigenvalue weighted by atomic mass is 16.4. The first-order valence-corrected chi connectivity index (χ1v) is 5.80. The molecule has 0 radical (unpaired) electrons. The van der Waals surface area contributed by atoms with Crippen molar-refractivity contribution in [1.29, 1.82) is 0 Å². The van der Waals surface area contributed by atoms with Gasteiger partial charge in [0.15, 0.2) is 0 Å². The van der Waals surface area contributed by atoms with E-state index >= 15 is 0 Å². The molecule has 0 aromatic heterocycles. The van der Waals surface area contributed by atoms with Crippen molar-refractivity contribution >= 4 is 11.9 Å². The summed E-state index contributed by atoms with van der Waals surface area (Å²) in [6, 6.07) is 0.262. The summed E-state index contributed by atoms with van der Waals surface area (Å²) in [6.45, 7) is 7.38. The summed E-state index contributed by atoms with van der Waals surface area (Å²) in [5.41, 5.74) is -0.970. The number of amides is 1. The van der Waals surface area contributed by atoms with Gasteiger partial charge < -0.3 is 10.4 Å². The second-order valence-corrected chi connectivity index (χ2v) is 5.44. The van der Waals surface area contributed by atoms with Gasteiger partial charge in [0.2, 0.25) is 5.91 Å². The molecule has 0 spiro atoms. The van der Waals surface area contributed by atoms with Crippen LogP contribution in [0.15, 0.2) is 0 Å². The normalized spacial score (nSPS) is 27.3. The van der Waals surface area contributed by atoms with Crippen molar-refractivity contribution in [3.8, 4) is 0 Å². The van der Waals surface area contributed by atoms with Gasteiger partial charge in [0, 0.05) is 12.5 Å². The minimum atomic E-state index is -0.970. The fourth-order valence-electron chi connectivity index (χ4n) is 1.64. The van der Waals surface area contributed by atoms with Gasteiger partial charge in [0.25, 0.3) is 0 Å². The molecule has 1 fully saturated rings. The molecule has 1 saturated carbocycles. The maximum Gasteiger partial charge on any atom is 0.310 e. The fraction of sp³-hybridized carbons (Fsp3) is 0.833. The lowest BCUT2D eigenvalue weighted by molar-refractivity contribution is -0.153. The Morgan fingerprint density at radius 2 is 2.00 bits per heavy atom. The molecule has 0 saturated heterocycles. The third-order valence-corrected chi connectivity index (χ3v) is 3.75. The zero-order chi connectivity index (χ0) is 12.5. The van der Waals surface area contributed by atoms with E-state index in [1.165, 1.54) is 0 Å². The minimum Gasteiger partial charge on any atom is -0.481 e. The number of rotatable bonds is 5. The van der Waals surface area contributed by atoms with Gasteiger partial charge in [-0.2, -0.15) is 0 Å². The third-order valence-electron chi connectivity index (χ3n) is 3.75. The zero-order valence-electron chi connectivity index (χ0n) is 10.4. The molecule has 1 aliphatic carbocycles. The number of carbonyl (C=O) groups is 2. The maximum absolute atomic E-state index is 11.7. The molecule has 0 heterocycles. The second-order valence-electron chi connectivity index (χ2n) is 5.44. The Labute approximate surface area is 96.4 Å². The second kappa shape index (κ2) is 4.44. The number of carbonyl (C=O) groups excluding carboxylic acids is 1. The molecule has 1 rings (SSSR count). The Morgan fingerprint density at radius 1 is 1.50 bits per heavy atom. The predicted molar refractivity (Wildman–Crippen MR) is 60.9 cm³/mol. The van der Waals surface area contributed by atoms with Crippen LogP contribution in [-0.4, -0.2) is 23.0 Å². The quantitative estimate of drug-likeness (QED) is 0.750. The number of hydrogen-bond donors (Lipinski definition) is 2. The van der Waals surface area contributed by atoms with E-state index in [0.29, 0.717) is 5.92 Å². The molecule has 0 aliphatic heterocycles. The van der Waals surface area contributed by atoms with Gasteiger partial charge in [0.05, 0.1) is 5.41 Å². The van der Waals surface area contributed by atoms with E-state index < -0.39 is 11.4 Å². The number of carboxylic acid groups (broad SMARTS) is 1. The summed E-state index contributed by atoms with van der Waals surface area (Å²) in [4.78, 5) is 22.9. The Morgan fingerprint density at radius 3 is 2.31 bits per heavy atom. The van der Waals surface area contributed by atoms with Gasteiger partial charge in [-0.3, -0.25) is 9.59 Å². The molecule has 4 nitrogen and oxygen atoms in total. The van der Waals surface area contributed by atoms with E-state index in [1.54, 1.807) is 6.92 Å². The smallest absolute Gasteiger partial charge is 0.310 e. The van der Waals surface area contributed by atoms with Crippen molar-refractivity contribution in [3.63, 3.8) is 0 Å². The Kier molecular flexibility index (Phi) is 3.61. The van der Waals surface area contributed by atoms with Crippen LogP contribution in [0, 0.1) is 17.3 Å². The van der Waals surface area contributed by atoms with Crippen LogP contribution >= 0.6 is 0 Å². The highest BCUT2D eigenvalue weighted by molar-refractivity contribution is 5.85. The molecule has 3 atom stereocenters. The predicted octanol–water partition coefficient (Wildman–Crippen LogP) is 1.65. The Hall–Kier alpha value is -1.06. The van der Waals surface area contributed by atoms with E-state index in [0.717, 1.165) is 6.42 Å². The van der Waals surface area contributed by atoms with Crippen LogP contribution in [0.25, 0.3) is 0 Å². The molecule has 4 heteroatoms. The zero-order valence-corrected chi connectivity index (χ0v) is 10.4. The van der Waals surface area contributed by atoms with Crippen LogP contribution in [0.5, 0.6) is 0 Å². The Bertz CT molecular complexity index is 301. The summed E-state index contributed by atoms with van der Waals surface area (Å²) in [6.07, 6.45) is 1.07. The van der Waals surface area contributed by atoms with Gasteiger partial charge in [-0.25, -0.2) is 0 Å². The standard InChI is InChI=1S/C12H21NO3/c1-7(2)12(4,11(15)16)6-10(14)13-9-5-8(9)3/h7-9H,5-6H2,1-4H3,(H,13,14)(H,15,16). The molecule has 92 valence electrons. The summed E-state index contributed by atoms with van der Waals surface area (Å²) in [5.74, 6) is -0.569. The van der Waals surface area contributed by atoms with E-state index in [1.807, 2.05) is 13.8 Å². The molecule has 3 unspecified atom stereocenters. The lowest BCUT2D eigenvalue weighted by Crippen LogP contribution is -2.39. The van der Waals surface area contributed by atoms with Crippen LogP contribution in [0.3, 0.4) is 0 Å². The average molecular weight is 227 g/mol. The third kappa shape index (κ3) is 2.74. The van der Waals surface area contributed by atoms with E-state index in [-0.39, 0.29) is 24.3 Å². The SMILES string of the molecule is CC1CC1NC(=O)CC(C)(C(=O)O)C(C)C. The first-order chi connectivity index (χ1) is 7.27. The van der Waals surface area contributed by atoms with Crippen molar-refractivity contribution in [1.82, 2.24) is 5.32 Å². The minimum absolute atomic E-state index is 0.0587. The highest BCUT2D eigenvalue weighted by Gasteiger charge is 2.41. The van der Waals surface area contributed by atoms with Crippen molar-refractivity contribution in [3.05, 3.63) is 0 Å². The van der Waals surface area contributed by atoms with Crippen LogP contribution in [0.4, 0.5) is 0 Å². The number of nitrogens with one attached hydrogen (secondary N) is 1. The molecular formula is C12H21NO3. The summed E-state index contributed by atoms with van der Waals surface area (Å²) in [7, 11) is 0. The van der Waals surface area contributed by atoms with Gasteiger partial charge in [-0.05, 0) is 25.2 Å². The molecule has 0 aromatic rings. The first-order valence-electron chi connectivity index (χ1n) is 5.80. The van der Waals surface area contributed by atoms with E-state index in [4.69, 9.17) is 0 Å². The summed E-state index contributed by atoms with van der Waals surface area (Å²) < 4.78 is 0. The molecule has 1 aliphatic rings. The van der Waals surface area contributed by atoms with Gasteiger partial charge in [0.1, 0.15) is 0 Å². The monoisotopic (exact) mass is 227 g/mol. The molecule has 0 aromatic carbocycles. The van der Waals surface area contributed by atoms with Crippen molar-refractivity contribution in [2.24, 2.45) is 17.3 Å². The molecule has 2 N–H and O–H groups in total. The van der Waals surface area contributed by atoms with E-state index in [2.05, 4.69) is 12.2 Å². The number of hydrogen-bond acceptors (Lipinski definition) is 2. The van der Waals surface area contributed by atoms with Crippen LogP contribution < -0.4 is 5.32 Å². The first kappa shape index (κ1) is 13.0. The highest BCUT2D eigenvalue weighted by Crippen LogP contribution is 2.33. The lowest BCUT2D eigenvalue weighted by atomic mass is 9.76. The largest absolute Gasteiger partial charge is 0.481 e. The Balaban J connectivity index is 2.55. The van der Waals surface area contributed by atoms with Gasteiger partial charge in [-0.15, -0.1) is 0 Å². The van der Waals surface area contributed by atoms with Crippen molar-refractivity contribution in [2.75, 3.05) is 0 Å². The van der Waals surface area contributed by atoms with Gasteiger partial charge >= 0.3 is 5.97 Å². The fourth-order valence-corrected chi connectivity index (χ4v) is 1.64. The number of carboxylic acids is 1. The van der Waals surface area contributed by atoms with Crippen molar-refractivity contribution < 1.29 is 14.7 Å². The summed E-state index contributed by atoms with van der Waals surface area (Å²) >= 11 is 0. The van der Waals surface area contributed by atoms with E-state index in [9.17, 15) is 14.7 Å². The van der Waals surface area contributed by atoms with Crippen LogP contribution in [0.1, 0.15) is 40.5 Å². The topological polar surface area (TPSA) is 66.4 Å². The van der Waals surface area contributed by atoms with Crippen LogP contribution in [0.2, 0.25) is 0 Å². The number of aliphatic carboxylic acids is 1. The van der Waals surface area contributed by atoms with Crippen LogP contribution in [-0.2, 0) is 9.59 Å². The maximum atomic E-state index is 11.7. The summed E-state index contributed by atoms with van der Waals surface area (Å²) in [5, 5.41) is 12.0. The molecule has 1 amide bonds. The van der Waals surface area contributed by atoms with Crippen molar-refractivity contribution in [2.45, 2.75) is 46.6 Å².